The number of benzene rings is 2. The van der Waals surface area contributed by atoms with Crippen molar-refractivity contribution in [1.29, 1.82) is 0 Å². The minimum absolute atomic E-state index is 0.248. The highest BCUT2D eigenvalue weighted by atomic mass is 16.5. The Morgan fingerprint density at radius 1 is 0.867 bits per heavy atom. The van der Waals surface area contributed by atoms with Crippen molar-refractivity contribution in [2.45, 2.75) is 20.3 Å². The highest BCUT2D eigenvalue weighted by molar-refractivity contribution is 5.96. The maximum absolute atomic E-state index is 12.3. The van der Waals surface area contributed by atoms with E-state index in [1.54, 1.807) is 24.3 Å². The Morgan fingerprint density at radius 2 is 1.57 bits per heavy atom. The zero-order valence-corrected chi connectivity index (χ0v) is 17.2. The summed E-state index contributed by atoms with van der Waals surface area (Å²) in [7, 11) is 1.29. The minimum Gasteiger partial charge on any atom is -0.490 e. The summed E-state index contributed by atoms with van der Waals surface area (Å²) >= 11 is 0. The van der Waals surface area contributed by atoms with Crippen LogP contribution in [0.1, 0.15) is 41.0 Å². The van der Waals surface area contributed by atoms with Crippen molar-refractivity contribution >= 4 is 23.5 Å². The van der Waals surface area contributed by atoms with Gasteiger partial charge in [-0.1, -0.05) is 6.92 Å². The Kier molecular flexibility index (Phi) is 8.68. The first-order valence-corrected chi connectivity index (χ1v) is 9.53. The summed E-state index contributed by atoms with van der Waals surface area (Å²) < 4.78 is 20.8. The molecule has 0 saturated heterocycles. The summed E-state index contributed by atoms with van der Waals surface area (Å²) in [6.45, 7) is 4.31. The van der Waals surface area contributed by atoms with Gasteiger partial charge >= 0.3 is 11.9 Å². The monoisotopic (exact) mass is 415 g/mol. The van der Waals surface area contributed by atoms with Crippen LogP contribution in [0, 0.1) is 0 Å². The van der Waals surface area contributed by atoms with Crippen LogP contribution in [-0.2, 0) is 14.3 Å². The number of ether oxygens (including phenoxy) is 4. The van der Waals surface area contributed by atoms with Gasteiger partial charge < -0.3 is 24.3 Å². The van der Waals surface area contributed by atoms with Crippen LogP contribution < -0.4 is 14.8 Å². The second-order valence-corrected chi connectivity index (χ2v) is 6.14. The van der Waals surface area contributed by atoms with Gasteiger partial charge in [0.25, 0.3) is 5.91 Å². The fourth-order valence-electron chi connectivity index (χ4n) is 2.45. The summed E-state index contributed by atoms with van der Waals surface area (Å²) in [6.07, 6.45) is 0.843. The van der Waals surface area contributed by atoms with Crippen LogP contribution in [0.3, 0.4) is 0 Å². The van der Waals surface area contributed by atoms with Crippen LogP contribution in [0.4, 0.5) is 5.69 Å². The molecule has 0 atom stereocenters. The molecule has 0 saturated carbocycles. The van der Waals surface area contributed by atoms with Crippen LogP contribution in [-0.4, -0.2) is 44.8 Å². The van der Waals surface area contributed by atoms with E-state index in [2.05, 4.69) is 10.1 Å². The van der Waals surface area contributed by atoms with Gasteiger partial charge in [-0.2, -0.15) is 0 Å². The van der Waals surface area contributed by atoms with Gasteiger partial charge in [-0.15, -0.1) is 0 Å². The lowest BCUT2D eigenvalue weighted by Gasteiger charge is -2.13. The number of methoxy groups -OCH3 is 1. The molecule has 30 heavy (non-hydrogen) atoms. The molecule has 8 heteroatoms. The van der Waals surface area contributed by atoms with Crippen LogP contribution >= 0.6 is 0 Å². The maximum Gasteiger partial charge on any atom is 0.338 e. The van der Waals surface area contributed by atoms with Crippen LogP contribution in [0.15, 0.2) is 42.5 Å². The largest absolute Gasteiger partial charge is 0.490 e. The number of nitrogens with one attached hydrogen (secondary N) is 1. The number of esters is 2. The van der Waals surface area contributed by atoms with Gasteiger partial charge in [-0.05, 0) is 55.8 Å². The third-order valence-electron chi connectivity index (χ3n) is 3.87. The molecule has 2 aromatic carbocycles. The molecule has 1 amide bonds. The minimum atomic E-state index is -0.658. The van der Waals surface area contributed by atoms with Crippen LogP contribution in [0.5, 0.6) is 11.5 Å². The van der Waals surface area contributed by atoms with E-state index in [4.69, 9.17) is 14.2 Å². The Labute approximate surface area is 175 Å². The number of rotatable bonds is 10. The predicted molar refractivity (Wildman–Crippen MR) is 110 cm³/mol. The zero-order valence-electron chi connectivity index (χ0n) is 17.2. The number of hydrogen-bond acceptors (Lipinski definition) is 7. The third kappa shape index (κ3) is 6.51. The molecule has 0 unspecified atom stereocenters. The number of carbonyl (C=O) groups is 3. The Bertz CT molecular complexity index is 878. The normalized spacial score (nSPS) is 10.1. The number of hydrogen-bond donors (Lipinski definition) is 1. The van der Waals surface area contributed by atoms with E-state index in [0.29, 0.717) is 36.0 Å². The Hall–Kier alpha value is -3.55. The lowest BCUT2D eigenvalue weighted by molar-refractivity contribution is -0.119. The van der Waals surface area contributed by atoms with E-state index in [1.807, 2.05) is 13.8 Å². The Balaban J connectivity index is 1.93. The lowest BCUT2D eigenvalue weighted by Crippen LogP contribution is -2.21. The fraction of sp³-hybridized carbons (Fsp3) is 0.318. The molecule has 0 aliphatic rings. The van der Waals surface area contributed by atoms with Crippen LogP contribution in [0.2, 0.25) is 0 Å². The maximum atomic E-state index is 12.3. The summed E-state index contributed by atoms with van der Waals surface area (Å²) in [4.78, 5) is 35.7. The molecule has 0 radical (unpaired) electrons. The highest BCUT2D eigenvalue weighted by Crippen LogP contribution is 2.29. The summed E-state index contributed by atoms with van der Waals surface area (Å²) in [5.41, 5.74) is 1.07. The second kappa shape index (κ2) is 11.5. The van der Waals surface area contributed by atoms with Gasteiger partial charge in [-0.25, -0.2) is 9.59 Å². The van der Waals surface area contributed by atoms with Gasteiger partial charge in [0.05, 0.1) is 31.5 Å². The van der Waals surface area contributed by atoms with Gasteiger partial charge in [0.1, 0.15) is 0 Å². The fourth-order valence-corrected chi connectivity index (χ4v) is 2.45. The van der Waals surface area contributed by atoms with E-state index in [1.165, 1.54) is 25.3 Å². The molecule has 8 nitrogen and oxygen atoms in total. The molecule has 1 N–H and O–H groups in total. The average Bonchev–Trinajstić information content (AvgIpc) is 2.76. The van der Waals surface area contributed by atoms with Crippen molar-refractivity contribution in [2.75, 3.05) is 32.2 Å². The molecule has 0 aliphatic heterocycles. The van der Waals surface area contributed by atoms with Crippen molar-refractivity contribution in [3.05, 3.63) is 53.6 Å². The van der Waals surface area contributed by atoms with Gasteiger partial charge in [0.2, 0.25) is 0 Å². The van der Waals surface area contributed by atoms with Crippen molar-refractivity contribution in [3.8, 4) is 11.5 Å². The first kappa shape index (κ1) is 22.7. The standard InChI is InChI=1S/C22H25NO7/c1-4-12-29-18-11-8-16(13-19(18)28-5-2)22(26)30-14-20(24)23-17-9-6-15(7-10-17)21(25)27-3/h6-11,13H,4-5,12,14H2,1-3H3,(H,23,24). The third-order valence-corrected chi connectivity index (χ3v) is 3.87. The smallest absolute Gasteiger partial charge is 0.338 e. The van der Waals surface area contributed by atoms with Gasteiger partial charge in [0.15, 0.2) is 18.1 Å². The summed E-state index contributed by atoms with van der Waals surface area (Å²) in [5, 5.41) is 2.58. The number of anilines is 1. The highest BCUT2D eigenvalue weighted by Gasteiger charge is 2.15. The molecule has 0 heterocycles. The molecule has 160 valence electrons. The molecule has 0 aliphatic carbocycles. The second-order valence-electron chi connectivity index (χ2n) is 6.14. The number of amides is 1. The quantitative estimate of drug-likeness (QED) is 0.593. The molecule has 0 bridgehead atoms. The summed E-state index contributed by atoms with van der Waals surface area (Å²) in [6, 6.07) is 10.9. The molecule has 0 fully saturated rings. The van der Waals surface area contributed by atoms with E-state index >= 15 is 0 Å². The SMILES string of the molecule is CCCOc1ccc(C(=O)OCC(=O)Nc2ccc(C(=O)OC)cc2)cc1OCC. The van der Waals surface area contributed by atoms with Gasteiger partial charge in [0, 0.05) is 5.69 Å². The summed E-state index contributed by atoms with van der Waals surface area (Å²) in [5.74, 6) is -0.658. The predicted octanol–water partition coefficient (Wildman–Crippen LogP) is 3.46. The molecular formula is C22H25NO7. The lowest BCUT2D eigenvalue weighted by atomic mass is 10.2. The van der Waals surface area contributed by atoms with E-state index in [0.717, 1.165) is 6.42 Å². The molecule has 0 aromatic heterocycles. The molecule has 2 rings (SSSR count). The topological polar surface area (TPSA) is 100 Å². The van der Waals surface area contributed by atoms with Crippen molar-refractivity contribution in [3.63, 3.8) is 0 Å². The van der Waals surface area contributed by atoms with E-state index < -0.39 is 24.5 Å². The number of carbonyl (C=O) groups excluding carboxylic acids is 3. The van der Waals surface area contributed by atoms with Crippen molar-refractivity contribution in [2.24, 2.45) is 0 Å². The van der Waals surface area contributed by atoms with E-state index in [-0.39, 0.29) is 5.56 Å². The average molecular weight is 415 g/mol. The first-order chi connectivity index (χ1) is 14.5. The zero-order chi connectivity index (χ0) is 21.9. The van der Waals surface area contributed by atoms with Crippen LogP contribution in [0.25, 0.3) is 0 Å². The molecule has 2 aromatic rings. The Morgan fingerprint density at radius 3 is 2.20 bits per heavy atom. The van der Waals surface area contributed by atoms with Gasteiger partial charge in [-0.3, -0.25) is 4.79 Å². The first-order valence-electron chi connectivity index (χ1n) is 9.53. The van der Waals surface area contributed by atoms with Crippen molar-refractivity contribution in [1.82, 2.24) is 0 Å². The molecule has 0 spiro atoms. The molecular weight excluding hydrogens is 390 g/mol. The van der Waals surface area contributed by atoms with Crippen molar-refractivity contribution < 1.29 is 33.3 Å². The van der Waals surface area contributed by atoms with E-state index in [9.17, 15) is 14.4 Å².